The monoisotopic (exact) mass is 300 g/mol. The standard InChI is InChI=1S/C18H24N2O2/c21-17-11-15(13-20(17)16-9-5-2-6-10-16)18(22)19-12-14-7-3-1-4-8-14/h2,5-6,9-10,14-15H,1,3-4,7-8,11-13H2,(H,19,22)/t15-/m0/s1. The number of nitrogens with one attached hydrogen (secondary N) is 1. The van der Waals surface area contributed by atoms with Crippen LogP contribution in [0.4, 0.5) is 5.69 Å². The van der Waals surface area contributed by atoms with Gasteiger partial charge in [0.05, 0.1) is 5.92 Å². The molecule has 0 bridgehead atoms. The van der Waals surface area contributed by atoms with Crippen LogP contribution in [0.5, 0.6) is 0 Å². The van der Waals surface area contributed by atoms with Gasteiger partial charge in [-0.1, -0.05) is 37.5 Å². The van der Waals surface area contributed by atoms with E-state index in [4.69, 9.17) is 0 Å². The van der Waals surface area contributed by atoms with Gasteiger partial charge >= 0.3 is 0 Å². The van der Waals surface area contributed by atoms with Crippen molar-refractivity contribution in [2.45, 2.75) is 38.5 Å². The second-order valence-corrected chi connectivity index (χ2v) is 6.49. The van der Waals surface area contributed by atoms with Crippen molar-refractivity contribution in [1.82, 2.24) is 5.32 Å². The predicted octanol–water partition coefficient (Wildman–Crippen LogP) is 2.74. The lowest BCUT2D eigenvalue weighted by molar-refractivity contribution is -0.126. The van der Waals surface area contributed by atoms with Gasteiger partial charge in [0, 0.05) is 25.2 Å². The summed E-state index contributed by atoms with van der Waals surface area (Å²) < 4.78 is 0. The van der Waals surface area contributed by atoms with E-state index < -0.39 is 0 Å². The summed E-state index contributed by atoms with van der Waals surface area (Å²) in [6.45, 7) is 1.27. The van der Waals surface area contributed by atoms with Crippen LogP contribution in [0.3, 0.4) is 0 Å². The predicted molar refractivity (Wildman–Crippen MR) is 86.5 cm³/mol. The van der Waals surface area contributed by atoms with Crippen LogP contribution in [-0.4, -0.2) is 24.9 Å². The van der Waals surface area contributed by atoms with Crippen LogP contribution < -0.4 is 10.2 Å². The summed E-state index contributed by atoms with van der Waals surface area (Å²) in [6.07, 6.45) is 6.66. The molecular formula is C18H24N2O2. The van der Waals surface area contributed by atoms with E-state index in [-0.39, 0.29) is 17.7 Å². The minimum Gasteiger partial charge on any atom is -0.356 e. The van der Waals surface area contributed by atoms with Crippen molar-refractivity contribution in [3.05, 3.63) is 30.3 Å². The molecular weight excluding hydrogens is 276 g/mol. The molecule has 4 nitrogen and oxygen atoms in total. The number of amides is 2. The Morgan fingerprint density at radius 2 is 1.86 bits per heavy atom. The van der Waals surface area contributed by atoms with Gasteiger partial charge in [-0.15, -0.1) is 0 Å². The van der Waals surface area contributed by atoms with Crippen molar-refractivity contribution < 1.29 is 9.59 Å². The number of nitrogens with zero attached hydrogens (tertiary/aromatic N) is 1. The Hall–Kier alpha value is -1.84. The van der Waals surface area contributed by atoms with Crippen LogP contribution in [0.15, 0.2) is 30.3 Å². The van der Waals surface area contributed by atoms with Crippen molar-refractivity contribution in [2.24, 2.45) is 11.8 Å². The van der Waals surface area contributed by atoms with Crippen LogP contribution in [0, 0.1) is 11.8 Å². The molecule has 0 aromatic heterocycles. The van der Waals surface area contributed by atoms with E-state index in [1.165, 1.54) is 32.1 Å². The second-order valence-electron chi connectivity index (χ2n) is 6.49. The molecule has 2 fully saturated rings. The van der Waals surface area contributed by atoms with Crippen molar-refractivity contribution in [3.63, 3.8) is 0 Å². The molecule has 22 heavy (non-hydrogen) atoms. The normalized spacial score (nSPS) is 22.8. The highest BCUT2D eigenvalue weighted by Gasteiger charge is 2.35. The zero-order chi connectivity index (χ0) is 15.4. The first-order chi connectivity index (χ1) is 10.7. The van der Waals surface area contributed by atoms with Crippen molar-refractivity contribution in [3.8, 4) is 0 Å². The Morgan fingerprint density at radius 3 is 2.59 bits per heavy atom. The number of para-hydroxylation sites is 1. The molecule has 0 spiro atoms. The molecule has 1 N–H and O–H groups in total. The highest BCUT2D eigenvalue weighted by molar-refractivity contribution is 6.00. The first-order valence-electron chi connectivity index (χ1n) is 8.37. The third-order valence-corrected chi connectivity index (χ3v) is 4.85. The van der Waals surface area contributed by atoms with E-state index in [1.807, 2.05) is 30.3 Å². The highest BCUT2D eigenvalue weighted by Crippen LogP contribution is 2.26. The number of benzene rings is 1. The molecule has 2 amide bonds. The first kappa shape index (κ1) is 15.1. The van der Waals surface area contributed by atoms with Gasteiger partial charge in [-0.25, -0.2) is 0 Å². The Bertz CT molecular complexity index is 523. The summed E-state index contributed by atoms with van der Waals surface area (Å²) in [5.41, 5.74) is 0.884. The van der Waals surface area contributed by atoms with Gasteiger partial charge in [0.2, 0.25) is 11.8 Å². The lowest BCUT2D eigenvalue weighted by atomic mass is 9.89. The Morgan fingerprint density at radius 1 is 1.14 bits per heavy atom. The van der Waals surface area contributed by atoms with E-state index in [1.54, 1.807) is 4.90 Å². The van der Waals surface area contributed by atoms with E-state index in [9.17, 15) is 9.59 Å². The molecule has 118 valence electrons. The van der Waals surface area contributed by atoms with Gasteiger partial charge in [-0.2, -0.15) is 0 Å². The van der Waals surface area contributed by atoms with Gasteiger partial charge in [-0.05, 0) is 30.9 Å². The summed E-state index contributed by atoms with van der Waals surface area (Å²) in [4.78, 5) is 26.2. The largest absolute Gasteiger partial charge is 0.356 e. The maximum Gasteiger partial charge on any atom is 0.227 e. The van der Waals surface area contributed by atoms with E-state index in [0.717, 1.165) is 12.2 Å². The molecule has 3 rings (SSSR count). The van der Waals surface area contributed by atoms with Crippen molar-refractivity contribution in [2.75, 3.05) is 18.0 Å². The molecule has 1 aliphatic carbocycles. The van der Waals surface area contributed by atoms with E-state index >= 15 is 0 Å². The molecule has 1 saturated carbocycles. The van der Waals surface area contributed by atoms with Crippen LogP contribution in [0.25, 0.3) is 0 Å². The number of carbonyl (C=O) groups is 2. The maximum absolute atomic E-state index is 12.3. The smallest absolute Gasteiger partial charge is 0.227 e. The molecule has 1 atom stereocenters. The second kappa shape index (κ2) is 6.95. The summed E-state index contributed by atoms with van der Waals surface area (Å²) in [7, 11) is 0. The molecule has 1 aliphatic heterocycles. The van der Waals surface area contributed by atoms with Crippen molar-refractivity contribution >= 4 is 17.5 Å². The first-order valence-corrected chi connectivity index (χ1v) is 8.37. The lowest BCUT2D eigenvalue weighted by Gasteiger charge is -2.22. The summed E-state index contributed by atoms with van der Waals surface area (Å²) in [5, 5.41) is 3.07. The van der Waals surface area contributed by atoms with Crippen LogP contribution in [0.1, 0.15) is 38.5 Å². The Kier molecular flexibility index (Phi) is 4.76. The minimum absolute atomic E-state index is 0.0392. The van der Waals surface area contributed by atoms with Gasteiger partial charge in [0.25, 0.3) is 0 Å². The topological polar surface area (TPSA) is 49.4 Å². The number of carbonyl (C=O) groups excluding carboxylic acids is 2. The molecule has 4 heteroatoms. The lowest BCUT2D eigenvalue weighted by Crippen LogP contribution is -2.36. The minimum atomic E-state index is -0.212. The fourth-order valence-corrected chi connectivity index (χ4v) is 3.52. The third-order valence-electron chi connectivity index (χ3n) is 4.85. The van der Waals surface area contributed by atoms with E-state index in [0.29, 0.717) is 18.9 Å². The SMILES string of the molecule is O=C(NCC1CCCCC1)[C@H]1CC(=O)N(c2ccccc2)C1. The molecule has 1 aromatic carbocycles. The van der Waals surface area contributed by atoms with Gasteiger partial charge in [0.1, 0.15) is 0 Å². The van der Waals surface area contributed by atoms with E-state index in [2.05, 4.69) is 5.32 Å². The third kappa shape index (κ3) is 3.49. The number of hydrogen-bond acceptors (Lipinski definition) is 2. The molecule has 1 saturated heterocycles. The number of rotatable bonds is 4. The zero-order valence-corrected chi connectivity index (χ0v) is 13.0. The number of anilines is 1. The fourth-order valence-electron chi connectivity index (χ4n) is 3.52. The quantitative estimate of drug-likeness (QED) is 0.929. The van der Waals surface area contributed by atoms with Crippen molar-refractivity contribution in [1.29, 1.82) is 0 Å². The molecule has 1 aromatic rings. The van der Waals surface area contributed by atoms with Crippen LogP contribution in [0.2, 0.25) is 0 Å². The Balaban J connectivity index is 1.52. The van der Waals surface area contributed by atoms with Gasteiger partial charge < -0.3 is 10.2 Å². The van der Waals surface area contributed by atoms with Crippen LogP contribution in [-0.2, 0) is 9.59 Å². The number of hydrogen-bond donors (Lipinski definition) is 1. The van der Waals surface area contributed by atoms with Crippen LogP contribution >= 0.6 is 0 Å². The summed E-state index contributed by atoms with van der Waals surface area (Å²) in [6, 6.07) is 9.59. The van der Waals surface area contributed by atoms with Gasteiger partial charge in [-0.3, -0.25) is 9.59 Å². The molecule has 1 heterocycles. The fraction of sp³-hybridized carbons (Fsp3) is 0.556. The maximum atomic E-state index is 12.3. The average Bonchev–Trinajstić information content (AvgIpc) is 2.96. The molecule has 0 unspecified atom stereocenters. The zero-order valence-electron chi connectivity index (χ0n) is 13.0. The summed E-state index contributed by atoms with van der Waals surface area (Å²) in [5.74, 6) is 0.498. The highest BCUT2D eigenvalue weighted by atomic mass is 16.2. The Labute approximate surface area is 131 Å². The molecule has 2 aliphatic rings. The van der Waals surface area contributed by atoms with Gasteiger partial charge in [0.15, 0.2) is 0 Å². The summed E-state index contributed by atoms with van der Waals surface area (Å²) >= 11 is 0. The average molecular weight is 300 g/mol. The molecule has 0 radical (unpaired) electrons.